The van der Waals surface area contributed by atoms with Crippen LogP contribution in [0.1, 0.15) is 19.3 Å². The van der Waals surface area contributed by atoms with Crippen LogP contribution in [0, 0.1) is 0 Å². The molecule has 0 heterocycles. The Hall–Kier alpha value is -1.42. The fourth-order valence-corrected chi connectivity index (χ4v) is 2.58. The fraction of sp³-hybridized carbons (Fsp3) is 0.308. The summed E-state index contributed by atoms with van der Waals surface area (Å²) in [6.07, 6.45) is 5.69. The molecule has 0 aliphatic heterocycles. The minimum absolute atomic E-state index is 0.161. The first-order chi connectivity index (χ1) is 8.16. The van der Waals surface area contributed by atoms with E-state index in [2.05, 4.69) is 5.32 Å². The van der Waals surface area contributed by atoms with Gasteiger partial charge >= 0.3 is 0 Å². The van der Waals surface area contributed by atoms with Gasteiger partial charge in [-0.1, -0.05) is 12.1 Å². The molecule has 17 heavy (non-hydrogen) atoms. The molecule has 2 rings (SSSR count). The second-order valence-electron chi connectivity index (χ2n) is 4.06. The third kappa shape index (κ3) is 3.03. The number of carbonyl (C=O) groups excluding carboxylic acids is 1. The van der Waals surface area contributed by atoms with Crippen LogP contribution in [0.2, 0.25) is 0 Å². The molecule has 1 aliphatic rings. The number of carbonyl (C=O) groups is 1. The van der Waals surface area contributed by atoms with E-state index in [0.29, 0.717) is 6.42 Å². The molecule has 1 N–H and O–H groups in total. The average molecular weight is 249 g/mol. The molecular formula is C13H15NO2S. The van der Waals surface area contributed by atoms with Crippen molar-refractivity contribution in [3.63, 3.8) is 0 Å². The molecule has 1 unspecified atom stereocenters. The maximum atomic E-state index is 11.6. The number of ketones is 1. The van der Waals surface area contributed by atoms with Crippen molar-refractivity contribution in [2.24, 2.45) is 0 Å². The molecule has 0 radical (unpaired) electrons. The summed E-state index contributed by atoms with van der Waals surface area (Å²) in [5.74, 6) is 0.161. The Balaban J connectivity index is 2.24. The summed E-state index contributed by atoms with van der Waals surface area (Å²) in [4.78, 5) is 12.1. The average Bonchev–Trinajstić information content (AvgIpc) is 2.29. The molecule has 0 bridgehead atoms. The van der Waals surface area contributed by atoms with Crippen molar-refractivity contribution < 1.29 is 9.00 Å². The van der Waals surface area contributed by atoms with Crippen LogP contribution in [0.25, 0.3) is 0 Å². The molecule has 1 aromatic carbocycles. The number of hydrogen-bond donors (Lipinski definition) is 1. The summed E-state index contributed by atoms with van der Waals surface area (Å²) in [6.45, 7) is 0. The van der Waals surface area contributed by atoms with Crippen molar-refractivity contribution in [1.82, 2.24) is 0 Å². The van der Waals surface area contributed by atoms with Gasteiger partial charge in [-0.3, -0.25) is 9.00 Å². The standard InChI is InChI=1S/C13H15NO2S/c1-17(16)13-8-3-2-7-12(13)14-10-5-4-6-11(15)9-10/h2-3,7-9,14H,4-6H2,1H3. The van der Waals surface area contributed by atoms with E-state index in [-0.39, 0.29) is 5.78 Å². The number of anilines is 1. The summed E-state index contributed by atoms with van der Waals surface area (Å²) >= 11 is 0. The maximum absolute atomic E-state index is 11.6. The van der Waals surface area contributed by atoms with E-state index in [1.54, 1.807) is 12.3 Å². The molecule has 0 aromatic heterocycles. The van der Waals surface area contributed by atoms with Gasteiger partial charge in [0.1, 0.15) is 0 Å². The van der Waals surface area contributed by atoms with Crippen LogP contribution in [-0.4, -0.2) is 16.2 Å². The first-order valence-electron chi connectivity index (χ1n) is 5.59. The minimum Gasteiger partial charge on any atom is -0.358 e. The van der Waals surface area contributed by atoms with Gasteiger partial charge in [0.05, 0.1) is 21.4 Å². The van der Waals surface area contributed by atoms with Crippen molar-refractivity contribution in [2.75, 3.05) is 11.6 Å². The lowest BCUT2D eigenvalue weighted by Gasteiger charge is -2.16. The third-order valence-electron chi connectivity index (χ3n) is 2.70. The van der Waals surface area contributed by atoms with Crippen LogP contribution in [0.5, 0.6) is 0 Å². The van der Waals surface area contributed by atoms with E-state index >= 15 is 0 Å². The van der Waals surface area contributed by atoms with Gasteiger partial charge in [0.15, 0.2) is 5.78 Å². The molecule has 4 heteroatoms. The molecule has 1 atom stereocenters. The molecule has 0 spiro atoms. The first kappa shape index (κ1) is 12.0. The molecule has 0 amide bonds. The Bertz CT molecular complexity index is 494. The zero-order valence-corrected chi connectivity index (χ0v) is 10.5. The molecule has 1 aliphatic carbocycles. The van der Waals surface area contributed by atoms with Gasteiger partial charge in [-0.2, -0.15) is 0 Å². The Morgan fingerprint density at radius 3 is 2.71 bits per heavy atom. The number of allylic oxidation sites excluding steroid dienone is 2. The summed E-state index contributed by atoms with van der Waals surface area (Å²) in [5.41, 5.74) is 1.74. The quantitative estimate of drug-likeness (QED) is 0.895. The lowest BCUT2D eigenvalue weighted by molar-refractivity contribution is -0.115. The van der Waals surface area contributed by atoms with Gasteiger partial charge in [0, 0.05) is 24.4 Å². The summed E-state index contributed by atoms with van der Waals surface area (Å²) < 4.78 is 11.6. The topological polar surface area (TPSA) is 46.2 Å². The lowest BCUT2D eigenvalue weighted by Crippen LogP contribution is -2.10. The molecule has 0 saturated carbocycles. The number of benzene rings is 1. The zero-order valence-electron chi connectivity index (χ0n) is 9.73. The zero-order chi connectivity index (χ0) is 12.3. The fourth-order valence-electron chi connectivity index (χ4n) is 1.88. The highest BCUT2D eigenvalue weighted by Gasteiger charge is 2.12. The second-order valence-corrected chi connectivity index (χ2v) is 5.41. The van der Waals surface area contributed by atoms with Crippen LogP contribution in [-0.2, 0) is 15.6 Å². The van der Waals surface area contributed by atoms with Gasteiger partial charge in [0.25, 0.3) is 0 Å². The number of para-hydroxylation sites is 1. The third-order valence-corrected chi connectivity index (χ3v) is 3.67. The molecular weight excluding hydrogens is 234 g/mol. The Labute approximate surface area is 103 Å². The summed E-state index contributed by atoms with van der Waals surface area (Å²) in [6, 6.07) is 7.48. The van der Waals surface area contributed by atoms with E-state index in [1.807, 2.05) is 24.3 Å². The lowest BCUT2D eigenvalue weighted by atomic mass is 10.0. The van der Waals surface area contributed by atoms with Gasteiger partial charge in [-0.25, -0.2) is 0 Å². The Morgan fingerprint density at radius 1 is 1.24 bits per heavy atom. The normalized spacial score (nSPS) is 17.5. The predicted molar refractivity (Wildman–Crippen MR) is 69.3 cm³/mol. The highest BCUT2D eigenvalue weighted by Crippen LogP contribution is 2.23. The number of nitrogens with one attached hydrogen (secondary N) is 1. The Kier molecular flexibility index (Phi) is 3.74. The maximum Gasteiger partial charge on any atom is 0.157 e. The van der Waals surface area contributed by atoms with Crippen LogP contribution in [0.3, 0.4) is 0 Å². The highest BCUT2D eigenvalue weighted by molar-refractivity contribution is 7.84. The van der Waals surface area contributed by atoms with Crippen LogP contribution in [0.4, 0.5) is 5.69 Å². The highest BCUT2D eigenvalue weighted by atomic mass is 32.2. The number of rotatable bonds is 3. The van der Waals surface area contributed by atoms with E-state index < -0.39 is 10.8 Å². The van der Waals surface area contributed by atoms with Crippen molar-refractivity contribution in [3.8, 4) is 0 Å². The van der Waals surface area contributed by atoms with Crippen LogP contribution in [0.15, 0.2) is 40.9 Å². The minimum atomic E-state index is -1.03. The molecule has 90 valence electrons. The molecule has 0 fully saturated rings. The van der Waals surface area contributed by atoms with E-state index in [4.69, 9.17) is 0 Å². The van der Waals surface area contributed by atoms with Gasteiger partial charge < -0.3 is 5.32 Å². The van der Waals surface area contributed by atoms with Gasteiger partial charge in [-0.05, 0) is 25.0 Å². The molecule has 0 saturated heterocycles. The Morgan fingerprint density at radius 2 is 2.00 bits per heavy atom. The van der Waals surface area contributed by atoms with Crippen molar-refractivity contribution in [2.45, 2.75) is 24.2 Å². The van der Waals surface area contributed by atoms with Crippen molar-refractivity contribution >= 4 is 22.3 Å². The van der Waals surface area contributed by atoms with Crippen LogP contribution < -0.4 is 5.32 Å². The SMILES string of the molecule is CS(=O)c1ccccc1NC1=CC(=O)CCC1. The molecule has 1 aromatic rings. The summed E-state index contributed by atoms with van der Waals surface area (Å²) in [5, 5.41) is 3.21. The van der Waals surface area contributed by atoms with E-state index in [1.165, 1.54) is 0 Å². The van der Waals surface area contributed by atoms with Crippen LogP contribution >= 0.6 is 0 Å². The first-order valence-corrected chi connectivity index (χ1v) is 7.15. The summed E-state index contributed by atoms with van der Waals surface area (Å²) in [7, 11) is -1.03. The van der Waals surface area contributed by atoms with Gasteiger partial charge in [-0.15, -0.1) is 0 Å². The monoisotopic (exact) mass is 249 g/mol. The largest absolute Gasteiger partial charge is 0.358 e. The van der Waals surface area contributed by atoms with E-state index in [0.717, 1.165) is 29.1 Å². The number of hydrogen-bond acceptors (Lipinski definition) is 3. The second kappa shape index (κ2) is 5.27. The van der Waals surface area contributed by atoms with Gasteiger partial charge in [0.2, 0.25) is 0 Å². The van der Waals surface area contributed by atoms with E-state index in [9.17, 15) is 9.00 Å². The van der Waals surface area contributed by atoms with Crippen molar-refractivity contribution in [3.05, 3.63) is 36.0 Å². The smallest absolute Gasteiger partial charge is 0.157 e. The molecule has 3 nitrogen and oxygen atoms in total. The predicted octanol–water partition coefficient (Wildman–Crippen LogP) is 2.47. The van der Waals surface area contributed by atoms with Crippen molar-refractivity contribution in [1.29, 1.82) is 0 Å².